The highest BCUT2D eigenvalue weighted by molar-refractivity contribution is 6.74. The van der Waals surface area contributed by atoms with Gasteiger partial charge in [0.25, 0.3) is 5.91 Å². The summed E-state index contributed by atoms with van der Waals surface area (Å²) >= 11 is 0. The minimum Gasteiger partial charge on any atom is -0.414 e. The van der Waals surface area contributed by atoms with Crippen molar-refractivity contribution < 1.29 is 28.2 Å². The molecule has 1 unspecified atom stereocenters. The lowest BCUT2D eigenvalue weighted by Crippen LogP contribution is -2.57. The summed E-state index contributed by atoms with van der Waals surface area (Å²) in [6.45, 7) is 14.4. The van der Waals surface area contributed by atoms with Crippen LogP contribution in [-0.4, -0.2) is 51.3 Å². The van der Waals surface area contributed by atoms with Crippen LogP contribution in [0.2, 0.25) is 18.1 Å². The third-order valence-corrected chi connectivity index (χ3v) is 15.1. The Morgan fingerprint density at radius 3 is 1.33 bits per heavy atom. The second-order valence-corrected chi connectivity index (χ2v) is 21.1. The summed E-state index contributed by atoms with van der Waals surface area (Å²) in [6.07, 6.45) is -2.77. The molecule has 0 saturated carbocycles. The third-order valence-electron chi connectivity index (χ3n) is 10.6. The van der Waals surface area contributed by atoms with Crippen LogP contribution < -0.4 is 5.32 Å². The molecule has 0 heterocycles. The van der Waals surface area contributed by atoms with E-state index in [1.165, 1.54) is 0 Å². The Bertz CT molecular complexity index is 1860. The van der Waals surface area contributed by atoms with Crippen LogP contribution in [0.15, 0.2) is 152 Å². The maximum Gasteiger partial charge on any atom is 0.252 e. The van der Waals surface area contributed by atoms with Crippen molar-refractivity contribution in [3.63, 3.8) is 0 Å². The molecule has 0 fully saturated rings. The van der Waals surface area contributed by atoms with Crippen molar-refractivity contribution in [2.45, 2.75) is 109 Å². The van der Waals surface area contributed by atoms with Gasteiger partial charge in [-0.2, -0.15) is 0 Å². The normalized spacial score (nSPS) is 14.6. The lowest BCUT2D eigenvalue weighted by atomic mass is 10.00. The Morgan fingerprint density at radius 2 is 0.912 bits per heavy atom. The van der Waals surface area contributed by atoms with Crippen molar-refractivity contribution in [3.8, 4) is 0 Å². The smallest absolute Gasteiger partial charge is 0.252 e. The standard InChI is InChI=1S/C49H61NO6Si/c1-38(32-39-22-12-7-13-23-39)50-48(51)47(55-36-43-30-20-11-21-31-43)46(54-35-42-28-18-10-19-29-42)45(53-34-41-26-16-9-17-27-41)44(37-56-57(5,6)49(2,3)4)52-33-40-24-14-8-15-25-40/h7-31,38,44-47H,32-37H2,1-6H3,(H,50,51)/t38?,44-,45+,46-,47-/m0/s1. The molecule has 1 amide bonds. The minimum absolute atomic E-state index is 0.0449. The SMILES string of the molecule is CC(Cc1ccccc1)NC(=O)[C@@H](OCc1ccccc1)[C@@H](OCc1ccccc1)[C@H](OCc1ccccc1)[C@H](CO[Si](C)(C)C(C)(C)C)OCc1ccccc1. The van der Waals surface area contributed by atoms with E-state index in [9.17, 15) is 4.79 Å². The molecule has 0 spiro atoms. The second-order valence-electron chi connectivity index (χ2n) is 16.2. The highest BCUT2D eigenvalue weighted by Crippen LogP contribution is 2.37. The van der Waals surface area contributed by atoms with E-state index in [0.29, 0.717) is 13.0 Å². The molecule has 0 aliphatic heterocycles. The number of carbonyl (C=O) groups excluding carboxylic acids is 1. The first-order valence-electron chi connectivity index (χ1n) is 20.1. The molecule has 5 aromatic rings. The molecular weight excluding hydrogens is 727 g/mol. The van der Waals surface area contributed by atoms with Crippen LogP contribution in [0.4, 0.5) is 0 Å². The van der Waals surface area contributed by atoms with E-state index in [1.54, 1.807) is 0 Å². The second kappa shape index (κ2) is 21.9. The lowest BCUT2D eigenvalue weighted by Gasteiger charge is -2.40. The summed E-state index contributed by atoms with van der Waals surface area (Å²) < 4.78 is 34.5. The van der Waals surface area contributed by atoms with Crippen molar-refractivity contribution >= 4 is 14.2 Å². The zero-order valence-corrected chi connectivity index (χ0v) is 35.5. The van der Waals surface area contributed by atoms with Crippen molar-refractivity contribution in [3.05, 3.63) is 179 Å². The molecule has 8 heteroatoms. The largest absolute Gasteiger partial charge is 0.414 e. The van der Waals surface area contributed by atoms with Gasteiger partial charge in [0, 0.05) is 6.04 Å². The number of hydrogen-bond acceptors (Lipinski definition) is 6. The number of benzene rings is 5. The molecule has 5 aromatic carbocycles. The quantitative estimate of drug-likeness (QED) is 0.0705. The molecule has 0 bridgehead atoms. The molecule has 0 aliphatic rings. The molecule has 302 valence electrons. The molecule has 5 atom stereocenters. The Balaban J connectivity index is 1.57. The van der Waals surface area contributed by atoms with E-state index in [0.717, 1.165) is 27.8 Å². The fraction of sp³-hybridized carbons (Fsp3) is 0.367. The molecule has 0 saturated heterocycles. The van der Waals surface area contributed by atoms with Crippen LogP contribution in [0.1, 0.15) is 55.5 Å². The van der Waals surface area contributed by atoms with Gasteiger partial charge in [-0.15, -0.1) is 0 Å². The predicted molar refractivity (Wildman–Crippen MR) is 231 cm³/mol. The summed E-state index contributed by atoms with van der Waals surface area (Å²) in [5.41, 5.74) is 5.03. The summed E-state index contributed by atoms with van der Waals surface area (Å²) in [6, 6.07) is 50.0. The highest BCUT2D eigenvalue weighted by atomic mass is 28.4. The van der Waals surface area contributed by atoms with E-state index in [1.807, 2.05) is 146 Å². The zero-order chi connectivity index (χ0) is 40.5. The first-order chi connectivity index (χ1) is 27.5. The maximum absolute atomic E-state index is 14.8. The number of nitrogens with one attached hydrogen (secondary N) is 1. The Morgan fingerprint density at radius 1 is 0.544 bits per heavy atom. The van der Waals surface area contributed by atoms with Gasteiger partial charge in [0.1, 0.15) is 18.3 Å². The van der Waals surface area contributed by atoms with Gasteiger partial charge in [0.2, 0.25) is 0 Å². The third kappa shape index (κ3) is 14.2. The Kier molecular flexibility index (Phi) is 16.8. The lowest BCUT2D eigenvalue weighted by molar-refractivity contribution is -0.198. The number of carbonyl (C=O) groups is 1. The molecule has 7 nitrogen and oxygen atoms in total. The summed E-state index contributed by atoms with van der Waals surface area (Å²) in [5.74, 6) is -0.284. The van der Waals surface area contributed by atoms with E-state index in [-0.39, 0.29) is 43.4 Å². The summed E-state index contributed by atoms with van der Waals surface area (Å²) in [5, 5.41) is 3.24. The molecule has 57 heavy (non-hydrogen) atoms. The predicted octanol–water partition coefficient (Wildman–Crippen LogP) is 10.1. The molecule has 0 aromatic heterocycles. The molecule has 0 aliphatic carbocycles. The Labute approximate surface area is 341 Å². The van der Waals surface area contributed by atoms with E-state index in [4.69, 9.17) is 23.4 Å². The van der Waals surface area contributed by atoms with Crippen LogP contribution in [-0.2, 0) is 61.0 Å². The number of amides is 1. The van der Waals surface area contributed by atoms with Crippen LogP contribution in [0.5, 0.6) is 0 Å². The van der Waals surface area contributed by atoms with Gasteiger partial charge in [0.05, 0.1) is 33.0 Å². The number of hydrogen-bond donors (Lipinski definition) is 1. The average Bonchev–Trinajstić information content (AvgIpc) is 3.21. The van der Waals surface area contributed by atoms with Crippen LogP contribution in [0.3, 0.4) is 0 Å². The van der Waals surface area contributed by atoms with Crippen molar-refractivity contribution in [1.29, 1.82) is 0 Å². The summed E-state index contributed by atoms with van der Waals surface area (Å²) in [4.78, 5) is 14.8. The number of ether oxygens (including phenoxy) is 4. The number of rotatable bonds is 22. The van der Waals surface area contributed by atoms with E-state index < -0.39 is 32.7 Å². The van der Waals surface area contributed by atoms with Crippen molar-refractivity contribution in [1.82, 2.24) is 5.32 Å². The van der Waals surface area contributed by atoms with Gasteiger partial charge < -0.3 is 28.7 Å². The fourth-order valence-corrected chi connectivity index (χ4v) is 7.26. The maximum atomic E-state index is 14.8. The van der Waals surface area contributed by atoms with Crippen LogP contribution >= 0.6 is 0 Å². The zero-order valence-electron chi connectivity index (χ0n) is 34.5. The van der Waals surface area contributed by atoms with E-state index >= 15 is 0 Å². The first-order valence-corrected chi connectivity index (χ1v) is 23.0. The van der Waals surface area contributed by atoms with Crippen LogP contribution in [0.25, 0.3) is 0 Å². The average molecular weight is 788 g/mol. The fourth-order valence-electron chi connectivity index (χ4n) is 6.25. The van der Waals surface area contributed by atoms with Gasteiger partial charge in [-0.3, -0.25) is 4.79 Å². The van der Waals surface area contributed by atoms with Gasteiger partial charge in [-0.1, -0.05) is 172 Å². The van der Waals surface area contributed by atoms with Crippen molar-refractivity contribution in [2.24, 2.45) is 0 Å². The molecule has 5 rings (SSSR count). The molecular formula is C49H61NO6Si. The van der Waals surface area contributed by atoms with E-state index in [2.05, 4.69) is 51.3 Å². The van der Waals surface area contributed by atoms with Gasteiger partial charge in [-0.25, -0.2) is 0 Å². The molecule has 1 N–H and O–H groups in total. The first kappa shape index (κ1) is 43.7. The molecule has 0 radical (unpaired) electrons. The van der Waals surface area contributed by atoms with Crippen LogP contribution in [0, 0.1) is 0 Å². The van der Waals surface area contributed by atoms with Gasteiger partial charge in [-0.05, 0) is 59.3 Å². The van der Waals surface area contributed by atoms with Crippen molar-refractivity contribution in [2.75, 3.05) is 6.61 Å². The summed E-state index contributed by atoms with van der Waals surface area (Å²) in [7, 11) is -2.27. The minimum atomic E-state index is -2.27. The topological polar surface area (TPSA) is 75.3 Å². The Hall–Kier alpha value is -4.41. The van der Waals surface area contributed by atoms with Gasteiger partial charge in [0.15, 0.2) is 14.4 Å². The monoisotopic (exact) mass is 787 g/mol. The highest BCUT2D eigenvalue weighted by Gasteiger charge is 2.44. The van der Waals surface area contributed by atoms with Gasteiger partial charge >= 0.3 is 0 Å².